The minimum atomic E-state index is -5.12. The average Bonchev–Trinajstić information content (AvgIpc) is 3.61. The highest BCUT2D eigenvalue weighted by molar-refractivity contribution is 5.79. The minimum Gasteiger partial charge on any atom is -0.345 e. The standard InChI is InChI=1S/C23H15F8N7/c24-20(25)18(37-5-1-4-34-37)10-19-35-21(12-2-3-16-17(6-12)33-11-32-16)36-38(19)15-8-13(22(26,27)28)7-14(9-15)23(29,30)31/h1-9,11,18,20H,10H2,(H,32,33). The minimum absolute atomic E-state index is 0.0289. The molecular formula is C23H15F8N7. The third-order valence-electron chi connectivity index (χ3n) is 5.72. The fraction of sp³-hybridized carbons (Fsp3) is 0.217. The largest absolute Gasteiger partial charge is 0.416 e. The zero-order valence-corrected chi connectivity index (χ0v) is 18.8. The highest BCUT2D eigenvalue weighted by Crippen LogP contribution is 2.37. The van der Waals surface area contributed by atoms with Crippen LogP contribution in [0.4, 0.5) is 35.1 Å². The van der Waals surface area contributed by atoms with Gasteiger partial charge in [-0.25, -0.2) is 23.4 Å². The molecule has 15 heteroatoms. The molecule has 0 saturated carbocycles. The van der Waals surface area contributed by atoms with Crippen LogP contribution in [0.3, 0.4) is 0 Å². The second-order valence-corrected chi connectivity index (χ2v) is 8.25. The summed E-state index contributed by atoms with van der Waals surface area (Å²) >= 11 is 0. The summed E-state index contributed by atoms with van der Waals surface area (Å²) in [5.41, 5.74) is -2.34. The number of fused-ring (bicyclic) bond motifs is 1. The lowest BCUT2D eigenvalue weighted by molar-refractivity contribution is -0.143. The summed E-state index contributed by atoms with van der Waals surface area (Å²) in [6.07, 6.45) is -9.89. The molecule has 7 nitrogen and oxygen atoms in total. The Labute approximate surface area is 207 Å². The van der Waals surface area contributed by atoms with E-state index >= 15 is 0 Å². The predicted molar refractivity (Wildman–Crippen MR) is 117 cm³/mol. The van der Waals surface area contributed by atoms with Gasteiger partial charge in [0.25, 0.3) is 6.43 Å². The molecule has 0 aliphatic carbocycles. The maximum atomic E-state index is 14.0. The summed E-state index contributed by atoms with van der Waals surface area (Å²) in [5.74, 6) is -0.395. The molecule has 1 atom stereocenters. The zero-order valence-electron chi connectivity index (χ0n) is 18.8. The van der Waals surface area contributed by atoms with E-state index in [2.05, 4.69) is 25.1 Å². The lowest BCUT2D eigenvalue weighted by Crippen LogP contribution is -2.22. The maximum Gasteiger partial charge on any atom is 0.416 e. The molecule has 198 valence electrons. The van der Waals surface area contributed by atoms with Crippen molar-refractivity contribution in [1.29, 1.82) is 0 Å². The number of H-pyrrole nitrogens is 1. The Hall–Kier alpha value is -4.30. The number of imidazole rings is 1. The average molecular weight is 541 g/mol. The van der Waals surface area contributed by atoms with E-state index in [-0.39, 0.29) is 17.7 Å². The molecule has 1 unspecified atom stereocenters. The van der Waals surface area contributed by atoms with Crippen LogP contribution in [0.5, 0.6) is 0 Å². The topological polar surface area (TPSA) is 77.2 Å². The molecule has 38 heavy (non-hydrogen) atoms. The number of halogens is 8. The van der Waals surface area contributed by atoms with E-state index in [1.165, 1.54) is 30.9 Å². The highest BCUT2D eigenvalue weighted by Gasteiger charge is 2.38. The molecule has 0 fully saturated rings. The Morgan fingerprint density at radius 1 is 0.921 bits per heavy atom. The number of hydrogen-bond donors (Lipinski definition) is 1. The van der Waals surface area contributed by atoms with Crippen molar-refractivity contribution in [2.45, 2.75) is 31.2 Å². The van der Waals surface area contributed by atoms with Crippen LogP contribution in [0, 0.1) is 0 Å². The van der Waals surface area contributed by atoms with Crippen molar-refractivity contribution in [3.05, 3.63) is 78.1 Å². The molecule has 5 rings (SSSR count). The number of alkyl halides is 8. The van der Waals surface area contributed by atoms with Crippen molar-refractivity contribution in [2.24, 2.45) is 0 Å². The smallest absolute Gasteiger partial charge is 0.345 e. The SMILES string of the molecule is FC(F)C(Cc1nc(-c2ccc3nc[nH]c3c2)nn1-c1cc(C(F)(F)F)cc(C(F)(F)F)c1)n1cccn1. The molecule has 0 saturated heterocycles. The number of aromatic amines is 1. The van der Waals surface area contributed by atoms with Gasteiger partial charge < -0.3 is 4.98 Å². The zero-order chi connectivity index (χ0) is 27.2. The van der Waals surface area contributed by atoms with Gasteiger partial charge in [-0.3, -0.25) is 4.68 Å². The van der Waals surface area contributed by atoms with Gasteiger partial charge in [0, 0.05) is 24.4 Å². The van der Waals surface area contributed by atoms with Crippen molar-refractivity contribution >= 4 is 11.0 Å². The van der Waals surface area contributed by atoms with Gasteiger partial charge in [0.2, 0.25) is 0 Å². The third kappa shape index (κ3) is 4.95. The molecule has 0 radical (unpaired) electrons. The van der Waals surface area contributed by atoms with Crippen LogP contribution in [0.1, 0.15) is 23.0 Å². The summed E-state index contributed by atoms with van der Waals surface area (Å²) in [6, 6.07) is 5.37. The molecule has 5 aromatic rings. The second-order valence-electron chi connectivity index (χ2n) is 8.25. The van der Waals surface area contributed by atoms with Crippen molar-refractivity contribution in [1.82, 2.24) is 34.5 Å². The quantitative estimate of drug-likeness (QED) is 0.264. The number of rotatable bonds is 6. The van der Waals surface area contributed by atoms with Gasteiger partial charge in [0.05, 0.1) is 34.2 Å². The number of nitrogens with one attached hydrogen (secondary N) is 1. The Kier molecular flexibility index (Phi) is 6.15. The van der Waals surface area contributed by atoms with Crippen molar-refractivity contribution < 1.29 is 35.1 Å². The number of benzene rings is 2. The van der Waals surface area contributed by atoms with Gasteiger partial charge in [-0.15, -0.1) is 5.10 Å². The van der Waals surface area contributed by atoms with E-state index in [0.29, 0.717) is 28.7 Å². The summed E-state index contributed by atoms with van der Waals surface area (Å²) in [5, 5.41) is 7.94. The van der Waals surface area contributed by atoms with E-state index in [9.17, 15) is 35.1 Å². The third-order valence-corrected chi connectivity index (χ3v) is 5.72. The molecule has 2 aromatic carbocycles. The second kappa shape index (κ2) is 9.22. The van der Waals surface area contributed by atoms with Gasteiger partial charge in [-0.05, 0) is 42.5 Å². The van der Waals surface area contributed by atoms with Crippen LogP contribution >= 0.6 is 0 Å². The Bertz CT molecular complexity index is 1530. The summed E-state index contributed by atoms with van der Waals surface area (Å²) in [6.45, 7) is 0. The molecule has 3 heterocycles. The van der Waals surface area contributed by atoms with Crippen LogP contribution in [0.2, 0.25) is 0 Å². The van der Waals surface area contributed by atoms with Crippen molar-refractivity contribution in [3.63, 3.8) is 0 Å². The highest BCUT2D eigenvalue weighted by atomic mass is 19.4. The molecule has 0 amide bonds. The summed E-state index contributed by atoms with van der Waals surface area (Å²) in [4.78, 5) is 11.2. The predicted octanol–water partition coefficient (Wildman–Crippen LogP) is 6.09. The molecule has 1 N–H and O–H groups in total. The Morgan fingerprint density at radius 2 is 1.63 bits per heavy atom. The van der Waals surface area contributed by atoms with Crippen LogP contribution in [-0.2, 0) is 18.8 Å². The Balaban J connectivity index is 1.69. The molecular weight excluding hydrogens is 526 g/mol. The number of hydrogen-bond acceptors (Lipinski definition) is 4. The first kappa shape index (κ1) is 25.4. The lowest BCUT2D eigenvalue weighted by atomic mass is 10.1. The molecule has 0 spiro atoms. The van der Waals surface area contributed by atoms with E-state index in [1.54, 1.807) is 12.1 Å². The normalized spacial score (nSPS) is 13.5. The van der Waals surface area contributed by atoms with E-state index < -0.39 is 48.1 Å². The maximum absolute atomic E-state index is 14.0. The lowest BCUT2D eigenvalue weighted by Gasteiger charge is -2.18. The van der Waals surface area contributed by atoms with Gasteiger partial charge in [0.1, 0.15) is 11.9 Å². The summed E-state index contributed by atoms with van der Waals surface area (Å²) < 4.78 is 111. The van der Waals surface area contributed by atoms with Gasteiger partial charge in [0.15, 0.2) is 5.82 Å². The summed E-state index contributed by atoms with van der Waals surface area (Å²) in [7, 11) is 0. The first-order valence-corrected chi connectivity index (χ1v) is 10.9. The first-order valence-electron chi connectivity index (χ1n) is 10.9. The molecule has 3 aromatic heterocycles. The van der Waals surface area contributed by atoms with Crippen LogP contribution in [0.25, 0.3) is 28.1 Å². The van der Waals surface area contributed by atoms with Crippen LogP contribution in [-0.4, -0.2) is 40.9 Å². The van der Waals surface area contributed by atoms with Crippen molar-refractivity contribution in [2.75, 3.05) is 0 Å². The fourth-order valence-electron chi connectivity index (χ4n) is 3.90. The monoisotopic (exact) mass is 541 g/mol. The number of nitrogens with zero attached hydrogens (tertiary/aromatic N) is 6. The van der Waals surface area contributed by atoms with Gasteiger partial charge in [-0.1, -0.05) is 0 Å². The first-order chi connectivity index (χ1) is 17.9. The van der Waals surface area contributed by atoms with E-state index in [1.807, 2.05) is 0 Å². The van der Waals surface area contributed by atoms with Crippen molar-refractivity contribution in [3.8, 4) is 17.1 Å². The molecule has 0 bridgehead atoms. The fourth-order valence-corrected chi connectivity index (χ4v) is 3.90. The van der Waals surface area contributed by atoms with Crippen LogP contribution in [0.15, 0.2) is 61.2 Å². The van der Waals surface area contributed by atoms with Crippen LogP contribution < -0.4 is 0 Å². The Morgan fingerprint density at radius 3 is 2.24 bits per heavy atom. The van der Waals surface area contributed by atoms with Gasteiger partial charge >= 0.3 is 12.4 Å². The van der Waals surface area contributed by atoms with Gasteiger partial charge in [-0.2, -0.15) is 31.4 Å². The van der Waals surface area contributed by atoms with E-state index in [0.717, 1.165) is 9.36 Å². The molecule has 0 aliphatic heterocycles. The molecule has 0 aliphatic rings. The number of aromatic nitrogens is 7. The van der Waals surface area contributed by atoms with E-state index in [4.69, 9.17) is 0 Å².